The van der Waals surface area contributed by atoms with E-state index in [2.05, 4.69) is 35.1 Å². The Bertz CT molecular complexity index is 1690. The van der Waals surface area contributed by atoms with Crippen LogP contribution in [-0.4, -0.2) is 42.2 Å². The van der Waals surface area contributed by atoms with E-state index in [4.69, 9.17) is 10.5 Å². The molecule has 5 aromatic heterocycles. The summed E-state index contributed by atoms with van der Waals surface area (Å²) in [4.78, 5) is 21.0. The third-order valence-corrected chi connectivity index (χ3v) is 5.54. The van der Waals surface area contributed by atoms with E-state index in [1.165, 1.54) is 19.2 Å². The maximum atomic E-state index is 14.2. The number of nitrogen functional groups attached to an aromatic ring is 1. The topological polar surface area (TPSA) is 131 Å². The fraction of sp³-hybridized carbons (Fsp3) is 0.0417. The summed E-state index contributed by atoms with van der Waals surface area (Å²) in [6.45, 7) is 0. The number of rotatable bonds is 4. The number of pyridine rings is 3. The van der Waals surface area contributed by atoms with Crippen LogP contribution in [-0.2, 0) is 0 Å². The van der Waals surface area contributed by atoms with Crippen molar-refractivity contribution in [1.82, 2.24) is 35.1 Å². The van der Waals surface area contributed by atoms with E-state index in [1.54, 1.807) is 36.9 Å². The minimum Gasteiger partial charge on any atom is -0.497 e. The zero-order valence-corrected chi connectivity index (χ0v) is 17.9. The fourth-order valence-corrected chi connectivity index (χ4v) is 3.95. The Labute approximate surface area is 191 Å². The van der Waals surface area contributed by atoms with Gasteiger partial charge in [0.15, 0.2) is 11.5 Å². The van der Waals surface area contributed by atoms with Crippen molar-refractivity contribution >= 4 is 27.8 Å². The summed E-state index contributed by atoms with van der Waals surface area (Å²) in [6.07, 6.45) is 6.63. The lowest BCUT2D eigenvalue weighted by Gasteiger charge is -2.06. The Balaban J connectivity index is 1.50. The molecule has 0 amide bonds. The highest BCUT2D eigenvalue weighted by Gasteiger charge is 2.17. The summed E-state index contributed by atoms with van der Waals surface area (Å²) in [5.74, 6) is 0.551. The number of ether oxygens (including phenoxy) is 1. The number of hydrogen-bond acceptors (Lipinski definition) is 7. The van der Waals surface area contributed by atoms with Crippen molar-refractivity contribution in [2.24, 2.45) is 0 Å². The van der Waals surface area contributed by atoms with Gasteiger partial charge >= 0.3 is 0 Å². The molecule has 1 aromatic carbocycles. The van der Waals surface area contributed by atoms with Gasteiger partial charge in [0.05, 0.1) is 35.7 Å². The minimum absolute atomic E-state index is 0.395. The Morgan fingerprint density at radius 2 is 1.91 bits per heavy atom. The molecule has 6 aromatic rings. The van der Waals surface area contributed by atoms with E-state index in [0.29, 0.717) is 45.4 Å². The maximum absolute atomic E-state index is 14.2. The van der Waals surface area contributed by atoms with Crippen molar-refractivity contribution in [3.05, 3.63) is 67.0 Å². The smallest absolute Gasteiger partial charge is 0.178 e. The van der Waals surface area contributed by atoms with E-state index >= 15 is 0 Å². The third kappa shape index (κ3) is 3.28. The Morgan fingerprint density at radius 3 is 2.76 bits per heavy atom. The summed E-state index contributed by atoms with van der Waals surface area (Å²) >= 11 is 0. The van der Waals surface area contributed by atoms with Gasteiger partial charge in [-0.1, -0.05) is 0 Å². The quantitative estimate of drug-likeness (QED) is 0.362. The number of benzene rings is 1. The lowest BCUT2D eigenvalue weighted by Crippen LogP contribution is -1.90. The zero-order valence-electron chi connectivity index (χ0n) is 17.9. The summed E-state index contributed by atoms with van der Waals surface area (Å²) in [6, 6.07) is 10.1. The van der Waals surface area contributed by atoms with Crippen LogP contribution in [0.4, 0.5) is 10.1 Å². The van der Waals surface area contributed by atoms with Gasteiger partial charge in [-0.05, 0) is 35.9 Å². The highest BCUT2D eigenvalue weighted by atomic mass is 19.1. The molecule has 34 heavy (non-hydrogen) atoms. The second kappa shape index (κ2) is 7.62. The molecular formula is C24H17FN8O. The molecule has 0 saturated carbocycles. The van der Waals surface area contributed by atoms with Gasteiger partial charge in [-0.15, -0.1) is 0 Å². The number of methoxy groups -OCH3 is 1. The van der Waals surface area contributed by atoms with Crippen LogP contribution in [0.5, 0.6) is 5.75 Å². The number of nitrogens with one attached hydrogen (secondary N) is 2. The van der Waals surface area contributed by atoms with E-state index in [-0.39, 0.29) is 0 Å². The average Bonchev–Trinajstić information content (AvgIpc) is 3.47. The molecule has 0 aliphatic heterocycles. The molecule has 4 N–H and O–H groups in total. The van der Waals surface area contributed by atoms with Gasteiger partial charge in [0.25, 0.3) is 0 Å². The van der Waals surface area contributed by atoms with Gasteiger partial charge in [-0.3, -0.25) is 15.1 Å². The molecule has 0 spiro atoms. The SMILES string of the molecule is COc1cc(F)cc(-c2ccnc3nc(-c4n[nH]c5cnc(-c6cncc(N)c6)cc45)[nH]c23)c1. The molecule has 0 saturated heterocycles. The van der Waals surface area contributed by atoms with Crippen LogP contribution in [0.3, 0.4) is 0 Å². The maximum Gasteiger partial charge on any atom is 0.178 e. The van der Waals surface area contributed by atoms with Crippen LogP contribution in [0, 0.1) is 5.82 Å². The van der Waals surface area contributed by atoms with Gasteiger partial charge in [-0.25, -0.2) is 14.4 Å². The summed E-state index contributed by atoms with van der Waals surface area (Å²) in [7, 11) is 1.50. The zero-order chi connectivity index (χ0) is 23.2. The first-order valence-corrected chi connectivity index (χ1v) is 10.3. The first-order chi connectivity index (χ1) is 16.6. The van der Waals surface area contributed by atoms with Gasteiger partial charge in [0.2, 0.25) is 0 Å². The molecule has 5 heterocycles. The van der Waals surface area contributed by atoms with Crippen molar-refractivity contribution < 1.29 is 9.13 Å². The second-order valence-electron chi connectivity index (χ2n) is 7.72. The predicted molar refractivity (Wildman–Crippen MR) is 126 cm³/mol. The predicted octanol–water partition coefficient (Wildman–Crippen LogP) is 4.36. The lowest BCUT2D eigenvalue weighted by atomic mass is 10.1. The molecule has 0 atom stereocenters. The van der Waals surface area contributed by atoms with Crippen LogP contribution in [0.2, 0.25) is 0 Å². The molecule has 0 bridgehead atoms. The van der Waals surface area contributed by atoms with Crippen molar-refractivity contribution in [2.75, 3.05) is 12.8 Å². The summed E-state index contributed by atoms with van der Waals surface area (Å²) in [5.41, 5.74) is 11.8. The number of hydrogen-bond donors (Lipinski definition) is 3. The molecule has 9 nitrogen and oxygen atoms in total. The number of nitrogens with two attached hydrogens (primary N) is 1. The van der Waals surface area contributed by atoms with Crippen molar-refractivity contribution in [3.63, 3.8) is 0 Å². The highest BCUT2D eigenvalue weighted by molar-refractivity contribution is 5.96. The van der Waals surface area contributed by atoms with E-state index in [1.807, 2.05) is 12.1 Å². The molecule has 6 rings (SSSR count). The molecule has 0 fully saturated rings. The average molecular weight is 452 g/mol. The number of H-pyrrole nitrogens is 2. The molecule has 10 heteroatoms. The van der Waals surface area contributed by atoms with E-state index < -0.39 is 5.82 Å². The Kier molecular flexibility index (Phi) is 4.44. The van der Waals surface area contributed by atoms with Gasteiger partial charge in [0, 0.05) is 41.2 Å². The number of aromatic amines is 2. The van der Waals surface area contributed by atoms with E-state index in [9.17, 15) is 4.39 Å². The van der Waals surface area contributed by atoms with Gasteiger partial charge < -0.3 is 15.5 Å². The number of aromatic nitrogens is 7. The normalized spacial score (nSPS) is 11.4. The fourth-order valence-electron chi connectivity index (χ4n) is 3.95. The number of anilines is 1. The van der Waals surface area contributed by atoms with Crippen molar-refractivity contribution in [1.29, 1.82) is 0 Å². The van der Waals surface area contributed by atoms with Crippen molar-refractivity contribution in [3.8, 4) is 39.7 Å². The van der Waals surface area contributed by atoms with Crippen LogP contribution in [0.1, 0.15) is 0 Å². The van der Waals surface area contributed by atoms with Gasteiger partial charge in [-0.2, -0.15) is 5.10 Å². The first-order valence-electron chi connectivity index (χ1n) is 10.3. The number of nitrogens with zero attached hydrogens (tertiary/aromatic N) is 5. The summed E-state index contributed by atoms with van der Waals surface area (Å²) in [5, 5.41) is 8.26. The molecular weight excluding hydrogens is 435 g/mol. The van der Waals surface area contributed by atoms with Gasteiger partial charge in [0.1, 0.15) is 17.3 Å². The number of imidazole rings is 1. The molecule has 0 aliphatic carbocycles. The minimum atomic E-state index is -0.395. The monoisotopic (exact) mass is 452 g/mol. The lowest BCUT2D eigenvalue weighted by molar-refractivity contribution is 0.411. The largest absolute Gasteiger partial charge is 0.497 e. The molecule has 0 unspecified atom stereocenters. The van der Waals surface area contributed by atoms with Crippen LogP contribution >= 0.6 is 0 Å². The molecule has 0 aliphatic rings. The highest BCUT2D eigenvalue weighted by Crippen LogP contribution is 2.33. The van der Waals surface area contributed by atoms with Crippen LogP contribution in [0.25, 0.3) is 56.0 Å². The van der Waals surface area contributed by atoms with Crippen LogP contribution in [0.15, 0.2) is 61.2 Å². The number of halogens is 1. The molecule has 0 radical (unpaired) electrons. The standard InChI is InChI=1S/C24H17FN8O/c1-34-16-6-12(4-14(25)7-16)17-2-3-28-23-21(17)30-24(31-23)22-18-8-19(29-11-20(18)32-33-22)13-5-15(26)10-27-9-13/h2-11H,26H2,1H3,(H,32,33)(H,28,30,31). The first kappa shape index (κ1) is 19.8. The number of fused-ring (bicyclic) bond motifs is 2. The van der Waals surface area contributed by atoms with Crippen molar-refractivity contribution in [2.45, 2.75) is 0 Å². The summed E-state index contributed by atoms with van der Waals surface area (Å²) < 4.78 is 19.4. The van der Waals surface area contributed by atoms with Crippen LogP contribution < -0.4 is 10.5 Å². The molecule has 166 valence electrons. The Morgan fingerprint density at radius 1 is 1.00 bits per heavy atom. The second-order valence-corrected chi connectivity index (χ2v) is 7.72. The third-order valence-electron chi connectivity index (χ3n) is 5.54. The van der Waals surface area contributed by atoms with E-state index in [0.717, 1.165) is 22.0 Å². The Hall–Kier alpha value is -4.86.